The molecule has 0 radical (unpaired) electrons. The third-order valence-electron chi connectivity index (χ3n) is 4.07. The first-order valence-electron chi connectivity index (χ1n) is 7.73. The van der Waals surface area contributed by atoms with Gasteiger partial charge in [-0.15, -0.1) is 0 Å². The highest BCUT2D eigenvalue weighted by Crippen LogP contribution is 2.33. The van der Waals surface area contributed by atoms with E-state index in [1.165, 1.54) is 0 Å². The van der Waals surface area contributed by atoms with Gasteiger partial charge in [-0.1, -0.05) is 60.7 Å². The summed E-state index contributed by atoms with van der Waals surface area (Å²) in [6.45, 7) is 2.16. The Hall–Kier alpha value is -2.86. The second-order valence-corrected chi connectivity index (χ2v) is 5.72. The highest BCUT2D eigenvalue weighted by atomic mass is 16.6. The molecule has 1 saturated heterocycles. The number of alkyl carbamates (subject to hydrolysis) is 1. The van der Waals surface area contributed by atoms with Crippen LogP contribution >= 0.6 is 0 Å². The average molecular weight is 325 g/mol. The zero-order valence-corrected chi connectivity index (χ0v) is 13.3. The quantitative estimate of drug-likeness (QED) is 0.799. The molecule has 1 fully saturated rings. The smallest absolute Gasteiger partial charge is 0.409 e. The van der Waals surface area contributed by atoms with Gasteiger partial charge >= 0.3 is 6.09 Å². The van der Waals surface area contributed by atoms with Crippen LogP contribution in [0.4, 0.5) is 4.79 Å². The summed E-state index contributed by atoms with van der Waals surface area (Å²) in [5.41, 5.74) is 5.86. The first kappa shape index (κ1) is 16.0. The van der Waals surface area contributed by atoms with Gasteiger partial charge in [-0.2, -0.15) is 0 Å². The van der Waals surface area contributed by atoms with E-state index < -0.39 is 17.7 Å². The Bertz CT molecular complexity index is 679. The number of nitrogens with one attached hydrogen (secondary N) is 3. The summed E-state index contributed by atoms with van der Waals surface area (Å²) in [5, 5.41) is 2.59. The van der Waals surface area contributed by atoms with E-state index in [1.807, 2.05) is 67.6 Å². The van der Waals surface area contributed by atoms with Gasteiger partial charge in [0.1, 0.15) is 6.04 Å². The molecular weight excluding hydrogens is 306 g/mol. The Balaban J connectivity index is 1.85. The molecule has 3 N–H and O–H groups in total. The fourth-order valence-corrected chi connectivity index (χ4v) is 2.69. The van der Waals surface area contributed by atoms with Gasteiger partial charge in [0.05, 0.1) is 0 Å². The normalized spacial score (nSPS) is 17.2. The van der Waals surface area contributed by atoms with Gasteiger partial charge in [-0.05, 0) is 18.1 Å². The number of amides is 2. The van der Waals surface area contributed by atoms with Crippen LogP contribution in [-0.4, -0.2) is 24.6 Å². The van der Waals surface area contributed by atoms with E-state index in [4.69, 9.17) is 4.74 Å². The van der Waals surface area contributed by atoms with Crippen molar-refractivity contribution in [2.75, 3.05) is 6.54 Å². The highest BCUT2D eigenvalue weighted by Gasteiger charge is 2.35. The molecule has 0 spiro atoms. The van der Waals surface area contributed by atoms with Gasteiger partial charge in [-0.3, -0.25) is 10.2 Å². The molecule has 2 amide bonds. The number of hydrazine groups is 1. The van der Waals surface area contributed by atoms with Crippen molar-refractivity contribution in [2.45, 2.75) is 18.6 Å². The average Bonchev–Trinajstić information content (AvgIpc) is 3.01. The van der Waals surface area contributed by atoms with E-state index in [2.05, 4.69) is 16.2 Å². The van der Waals surface area contributed by atoms with Crippen LogP contribution in [0.3, 0.4) is 0 Å². The van der Waals surface area contributed by atoms with Crippen molar-refractivity contribution in [3.63, 3.8) is 0 Å². The number of ether oxygens (including phenoxy) is 1. The third-order valence-corrected chi connectivity index (χ3v) is 4.07. The maximum Gasteiger partial charge on any atom is 0.409 e. The fraction of sp³-hybridized carbons (Fsp3) is 0.222. The molecule has 2 aromatic rings. The number of hydrogen-bond donors (Lipinski definition) is 3. The van der Waals surface area contributed by atoms with Crippen molar-refractivity contribution in [3.05, 3.63) is 71.8 Å². The van der Waals surface area contributed by atoms with Gasteiger partial charge in [0, 0.05) is 6.54 Å². The Kier molecular flexibility index (Phi) is 4.48. The lowest BCUT2D eigenvalue weighted by Gasteiger charge is -2.31. The molecule has 6 nitrogen and oxygen atoms in total. The van der Waals surface area contributed by atoms with E-state index in [0.29, 0.717) is 6.54 Å². The molecule has 1 atom stereocenters. The minimum atomic E-state index is -0.963. The van der Waals surface area contributed by atoms with Crippen molar-refractivity contribution in [2.24, 2.45) is 0 Å². The Morgan fingerprint density at radius 3 is 2.08 bits per heavy atom. The van der Waals surface area contributed by atoms with Crippen molar-refractivity contribution in [1.29, 1.82) is 0 Å². The van der Waals surface area contributed by atoms with E-state index in [-0.39, 0.29) is 5.91 Å². The summed E-state index contributed by atoms with van der Waals surface area (Å²) in [4.78, 5) is 23.9. The highest BCUT2D eigenvalue weighted by molar-refractivity contribution is 5.87. The summed E-state index contributed by atoms with van der Waals surface area (Å²) in [6.07, 6.45) is -0.644. The van der Waals surface area contributed by atoms with Crippen LogP contribution in [0, 0.1) is 0 Å². The summed E-state index contributed by atoms with van der Waals surface area (Å²) in [5.74, 6) is -0.284. The SMILES string of the molecule is CC(OC(=O)NC1CNNC1=O)(c1ccccc1)c1ccccc1. The Morgan fingerprint density at radius 2 is 1.62 bits per heavy atom. The van der Waals surface area contributed by atoms with E-state index in [1.54, 1.807) is 0 Å². The first-order valence-corrected chi connectivity index (χ1v) is 7.73. The summed E-state index contributed by atoms with van der Waals surface area (Å²) in [7, 11) is 0. The zero-order valence-electron chi connectivity index (χ0n) is 13.3. The third kappa shape index (κ3) is 3.23. The van der Waals surface area contributed by atoms with Crippen LogP contribution in [0.5, 0.6) is 0 Å². The molecule has 24 heavy (non-hydrogen) atoms. The molecule has 6 heteroatoms. The standard InChI is InChI=1S/C18H19N3O3/c1-18(13-8-4-2-5-9-13,14-10-6-3-7-11-14)24-17(23)20-15-12-19-21-16(15)22/h2-11,15,19H,12H2,1H3,(H,20,23)(H,21,22). The number of hydrogen-bond acceptors (Lipinski definition) is 4. The number of rotatable bonds is 4. The molecule has 1 unspecified atom stereocenters. The number of carbonyl (C=O) groups is 2. The minimum absolute atomic E-state index is 0.284. The monoisotopic (exact) mass is 325 g/mol. The summed E-state index contributed by atoms with van der Waals surface area (Å²) in [6, 6.07) is 18.4. The van der Waals surface area contributed by atoms with Crippen molar-refractivity contribution < 1.29 is 14.3 Å². The number of carbonyl (C=O) groups excluding carboxylic acids is 2. The second-order valence-electron chi connectivity index (χ2n) is 5.72. The Morgan fingerprint density at radius 1 is 1.08 bits per heavy atom. The summed E-state index contributed by atoms with van der Waals surface area (Å²) < 4.78 is 5.76. The van der Waals surface area contributed by atoms with E-state index >= 15 is 0 Å². The molecular formula is C18H19N3O3. The molecule has 0 aliphatic carbocycles. The van der Waals surface area contributed by atoms with Gasteiger partial charge in [0.25, 0.3) is 5.91 Å². The molecule has 1 heterocycles. The lowest BCUT2D eigenvalue weighted by Crippen LogP contribution is -2.45. The largest absolute Gasteiger partial charge is 0.433 e. The second kappa shape index (κ2) is 6.72. The van der Waals surface area contributed by atoms with E-state index in [0.717, 1.165) is 11.1 Å². The predicted octanol–water partition coefficient (Wildman–Crippen LogP) is 1.68. The van der Waals surface area contributed by atoms with Gasteiger partial charge < -0.3 is 10.1 Å². The van der Waals surface area contributed by atoms with Gasteiger partial charge in [0.2, 0.25) is 0 Å². The molecule has 1 aliphatic rings. The molecule has 2 aromatic carbocycles. The van der Waals surface area contributed by atoms with Crippen molar-refractivity contribution in [3.8, 4) is 0 Å². The van der Waals surface area contributed by atoms with Crippen LogP contribution in [0.2, 0.25) is 0 Å². The summed E-state index contributed by atoms with van der Waals surface area (Å²) >= 11 is 0. The zero-order chi connectivity index (χ0) is 17.0. The molecule has 3 rings (SSSR count). The Labute approximate surface area is 140 Å². The minimum Gasteiger partial charge on any atom is -0.433 e. The van der Waals surface area contributed by atoms with Crippen molar-refractivity contribution >= 4 is 12.0 Å². The van der Waals surface area contributed by atoms with Crippen LogP contribution in [0.15, 0.2) is 60.7 Å². The van der Waals surface area contributed by atoms with Crippen LogP contribution < -0.4 is 16.2 Å². The van der Waals surface area contributed by atoms with Gasteiger partial charge in [0.15, 0.2) is 5.60 Å². The van der Waals surface area contributed by atoms with E-state index in [9.17, 15) is 9.59 Å². The predicted molar refractivity (Wildman–Crippen MR) is 88.9 cm³/mol. The molecule has 0 aromatic heterocycles. The topological polar surface area (TPSA) is 79.5 Å². The maximum absolute atomic E-state index is 12.4. The number of benzene rings is 2. The molecule has 124 valence electrons. The lowest BCUT2D eigenvalue weighted by atomic mass is 9.88. The van der Waals surface area contributed by atoms with Gasteiger partial charge in [-0.25, -0.2) is 10.2 Å². The first-order chi connectivity index (χ1) is 11.6. The molecule has 0 saturated carbocycles. The van der Waals surface area contributed by atoms with Crippen LogP contribution in [-0.2, 0) is 15.1 Å². The maximum atomic E-state index is 12.4. The molecule has 0 bridgehead atoms. The fourth-order valence-electron chi connectivity index (χ4n) is 2.69. The van der Waals surface area contributed by atoms with Crippen LogP contribution in [0.25, 0.3) is 0 Å². The molecule has 1 aliphatic heterocycles. The lowest BCUT2D eigenvalue weighted by molar-refractivity contribution is -0.121. The van der Waals surface area contributed by atoms with Crippen molar-refractivity contribution in [1.82, 2.24) is 16.2 Å². The van der Waals surface area contributed by atoms with Crippen LogP contribution in [0.1, 0.15) is 18.1 Å².